The highest BCUT2D eigenvalue weighted by Gasteiger charge is 2.25. The maximum atomic E-state index is 12.1. The summed E-state index contributed by atoms with van der Waals surface area (Å²) in [7, 11) is 1.54. The molecule has 0 bridgehead atoms. The quantitative estimate of drug-likeness (QED) is 0.930. The molecule has 1 amide bonds. The van der Waals surface area contributed by atoms with Gasteiger partial charge in [-0.1, -0.05) is 6.92 Å². The maximum Gasteiger partial charge on any atom is 0.253 e. The molecule has 0 aliphatic heterocycles. The Labute approximate surface area is 115 Å². The van der Waals surface area contributed by atoms with E-state index >= 15 is 0 Å². The number of benzene rings is 1. The Kier molecular flexibility index (Phi) is 4.74. The van der Waals surface area contributed by atoms with Crippen molar-refractivity contribution in [1.82, 2.24) is 5.32 Å². The Hall–Kier alpha value is -1.54. The van der Waals surface area contributed by atoms with Gasteiger partial charge >= 0.3 is 0 Å². The van der Waals surface area contributed by atoms with Gasteiger partial charge in [0.25, 0.3) is 5.91 Å². The van der Waals surface area contributed by atoms with Crippen LogP contribution in [0.3, 0.4) is 0 Å². The van der Waals surface area contributed by atoms with E-state index in [1.54, 1.807) is 25.1 Å². The molecule has 1 N–H and O–H groups in total. The molecule has 0 saturated carbocycles. The highest BCUT2D eigenvalue weighted by molar-refractivity contribution is 9.10. The van der Waals surface area contributed by atoms with Crippen LogP contribution in [-0.2, 0) is 0 Å². The molecule has 1 aromatic rings. The van der Waals surface area contributed by atoms with Gasteiger partial charge in [0, 0.05) is 4.47 Å². The van der Waals surface area contributed by atoms with Crippen LogP contribution in [0.5, 0.6) is 5.75 Å². The van der Waals surface area contributed by atoms with Gasteiger partial charge in [-0.15, -0.1) is 0 Å². The lowest BCUT2D eigenvalue weighted by Crippen LogP contribution is -2.44. The van der Waals surface area contributed by atoms with Crippen molar-refractivity contribution in [3.8, 4) is 11.8 Å². The van der Waals surface area contributed by atoms with Crippen LogP contribution < -0.4 is 10.1 Å². The summed E-state index contributed by atoms with van der Waals surface area (Å²) >= 11 is 3.31. The van der Waals surface area contributed by atoms with Crippen molar-refractivity contribution < 1.29 is 9.53 Å². The summed E-state index contributed by atoms with van der Waals surface area (Å²) in [5, 5.41) is 11.8. The molecule has 1 unspecified atom stereocenters. The van der Waals surface area contributed by atoms with E-state index in [9.17, 15) is 4.79 Å². The summed E-state index contributed by atoms with van der Waals surface area (Å²) in [6, 6.07) is 7.22. The Morgan fingerprint density at radius 1 is 1.61 bits per heavy atom. The fraction of sp³-hybridized carbons (Fsp3) is 0.385. The highest BCUT2D eigenvalue weighted by Crippen LogP contribution is 2.23. The third-order valence-corrected chi connectivity index (χ3v) is 3.45. The molecule has 5 heteroatoms. The van der Waals surface area contributed by atoms with Crippen molar-refractivity contribution in [3.63, 3.8) is 0 Å². The Morgan fingerprint density at radius 3 is 2.78 bits per heavy atom. The first kappa shape index (κ1) is 14.5. The number of hydrogen-bond donors (Lipinski definition) is 1. The van der Waals surface area contributed by atoms with Crippen molar-refractivity contribution in [1.29, 1.82) is 5.26 Å². The van der Waals surface area contributed by atoms with Crippen LogP contribution >= 0.6 is 15.9 Å². The molecule has 4 nitrogen and oxygen atoms in total. The fourth-order valence-electron chi connectivity index (χ4n) is 1.32. The molecule has 0 heterocycles. The zero-order chi connectivity index (χ0) is 13.8. The molecular formula is C13H15BrN2O2. The highest BCUT2D eigenvalue weighted by atomic mass is 79.9. The van der Waals surface area contributed by atoms with Crippen molar-refractivity contribution in [3.05, 3.63) is 28.2 Å². The van der Waals surface area contributed by atoms with E-state index in [0.717, 1.165) is 0 Å². The van der Waals surface area contributed by atoms with Crippen molar-refractivity contribution in [2.24, 2.45) is 0 Å². The minimum Gasteiger partial charge on any atom is -0.497 e. The van der Waals surface area contributed by atoms with Crippen LogP contribution in [0, 0.1) is 11.3 Å². The predicted molar refractivity (Wildman–Crippen MR) is 72.5 cm³/mol. The van der Waals surface area contributed by atoms with Gasteiger partial charge in [0.15, 0.2) is 0 Å². The monoisotopic (exact) mass is 310 g/mol. The third kappa shape index (κ3) is 3.23. The first-order valence-electron chi connectivity index (χ1n) is 5.53. The summed E-state index contributed by atoms with van der Waals surface area (Å²) in [5.41, 5.74) is -0.413. The normalized spacial score (nSPS) is 13.3. The summed E-state index contributed by atoms with van der Waals surface area (Å²) in [6.45, 7) is 3.54. The molecule has 1 rings (SSSR count). The molecule has 96 valence electrons. The SMILES string of the molecule is CCC(C)(C#N)NC(=O)c1cc(OC)ccc1Br. The molecule has 0 saturated heterocycles. The van der Waals surface area contributed by atoms with Crippen LogP contribution in [0.2, 0.25) is 0 Å². The van der Waals surface area contributed by atoms with Gasteiger partial charge in [0.2, 0.25) is 0 Å². The second-order valence-corrected chi connectivity index (χ2v) is 4.95. The minimum atomic E-state index is -0.862. The van der Waals surface area contributed by atoms with Crippen molar-refractivity contribution in [2.45, 2.75) is 25.8 Å². The summed E-state index contributed by atoms with van der Waals surface area (Å²) < 4.78 is 5.74. The fourth-order valence-corrected chi connectivity index (χ4v) is 1.75. The third-order valence-electron chi connectivity index (χ3n) is 2.76. The molecule has 0 aliphatic rings. The lowest BCUT2D eigenvalue weighted by atomic mass is 10.0. The average Bonchev–Trinajstić information content (AvgIpc) is 2.39. The number of carbonyl (C=O) groups excluding carboxylic acids is 1. The number of ether oxygens (including phenoxy) is 1. The number of halogens is 1. The molecule has 1 atom stereocenters. The number of hydrogen-bond acceptors (Lipinski definition) is 3. The second kappa shape index (κ2) is 5.87. The summed E-state index contributed by atoms with van der Waals surface area (Å²) in [6.07, 6.45) is 0.539. The van der Waals surface area contributed by atoms with Crippen LogP contribution in [-0.4, -0.2) is 18.6 Å². The molecule has 0 spiro atoms. The first-order valence-corrected chi connectivity index (χ1v) is 6.32. The number of amides is 1. The summed E-state index contributed by atoms with van der Waals surface area (Å²) in [5.74, 6) is 0.296. The van der Waals surface area contributed by atoms with Crippen molar-refractivity contribution in [2.75, 3.05) is 7.11 Å². The number of rotatable bonds is 4. The zero-order valence-corrected chi connectivity index (χ0v) is 12.2. The molecular weight excluding hydrogens is 296 g/mol. The first-order chi connectivity index (χ1) is 8.45. The number of nitrogens with one attached hydrogen (secondary N) is 1. The van der Waals surface area contributed by atoms with Gasteiger partial charge in [-0.25, -0.2) is 0 Å². The predicted octanol–water partition coefficient (Wildman–Crippen LogP) is 2.88. The number of methoxy groups -OCH3 is 1. The largest absolute Gasteiger partial charge is 0.497 e. The second-order valence-electron chi connectivity index (χ2n) is 4.10. The van der Waals surface area contributed by atoms with E-state index in [-0.39, 0.29) is 5.91 Å². The van der Waals surface area contributed by atoms with E-state index in [1.807, 2.05) is 6.92 Å². The molecule has 0 fully saturated rings. The van der Waals surface area contributed by atoms with E-state index < -0.39 is 5.54 Å². The molecule has 0 aromatic heterocycles. The van der Waals surface area contributed by atoms with Gasteiger partial charge in [-0.3, -0.25) is 4.79 Å². The number of carbonyl (C=O) groups is 1. The molecule has 18 heavy (non-hydrogen) atoms. The molecule has 0 aliphatic carbocycles. The van der Waals surface area contributed by atoms with Gasteiger partial charge in [-0.05, 0) is 47.5 Å². The lowest BCUT2D eigenvalue weighted by Gasteiger charge is -2.21. The van der Waals surface area contributed by atoms with Gasteiger partial charge in [-0.2, -0.15) is 5.26 Å². The Morgan fingerprint density at radius 2 is 2.28 bits per heavy atom. The van der Waals surface area contributed by atoms with E-state index in [2.05, 4.69) is 27.3 Å². The minimum absolute atomic E-state index is 0.299. The van der Waals surface area contributed by atoms with Gasteiger partial charge in [0.1, 0.15) is 11.3 Å². The van der Waals surface area contributed by atoms with Crippen molar-refractivity contribution >= 4 is 21.8 Å². The van der Waals surface area contributed by atoms with E-state index in [0.29, 0.717) is 22.2 Å². The van der Waals surface area contributed by atoms with Gasteiger partial charge in [0.05, 0.1) is 18.7 Å². The summed E-state index contributed by atoms with van der Waals surface area (Å²) in [4.78, 5) is 12.1. The smallest absolute Gasteiger partial charge is 0.253 e. The topological polar surface area (TPSA) is 62.1 Å². The molecule has 0 radical (unpaired) electrons. The van der Waals surface area contributed by atoms with E-state index in [1.165, 1.54) is 7.11 Å². The van der Waals surface area contributed by atoms with E-state index in [4.69, 9.17) is 10.00 Å². The molecule has 1 aromatic carbocycles. The number of nitriles is 1. The average molecular weight is 311 g/mol. The standard InChI is InChI=1S/C13H15BrN2O2/c1-4-13(2,8-15)16-12(17)10-7-9(18-3)5-6-11(10)14/h5-7H,4H2,1-3H3,(H,16,17). The van der Waals surface area contributed by atoms with Crippen LogP contribution in [0.4, 0.5) is 0 Å². The van der Waals surface area contributed by atoms with Crippen LogP contribution in [0.25, 0.3) is 0 Å². The van der Waals surface area contributed by atoms with Crippen LogP contribution in [0.15, 0.2) is 22.7 Å². The zero-order valence-electron chi connectivity index (χ0n) is 10.6. The number of nitrogens with zero attached hydrogens (tertiary/aromatic N) is 1. The lowest BCUT2D eigenvalue weighted by molar-refractivity contribution is 0.0922. The van der Waals surface area contributed by atoms with Crippen LogP contribution in [0.1, 0.15) is 30.6 Å². The van der Waals surface area contributed by atoms with Gasteiger partial charge < -0.3 is 10.1 Å². The Bertz CT molecular complexity index is 496. The Balaban J connectivity index is 3.01. The maximum absolute atomic E-state index is 12.1.